The van der Waals surface area contributed by atoms with Crippen molar-refractivity contribution in [3.05, 3.63) is 29.8 Å². The first-order valence-corrected chi connectivity index (χ1v) is 5.31. The van der Waals surface area contributed by atoms with Gasteiger partial charge in [0, 0.05) is 0 Å². The van der Waals surface area contributed by atoms with Crippen molar-refractivity contribution < 1.29 is 9.50 Å². The summed E-state index contributed by atoms with van der Waals surface area (Å²) in [5.74, 6) is 0.216. The molecular formula is C12H17ClFNO. The topological polar surface area (TPSA) is 32.3 Å². The van der Waals surface area contributed by atoms with Gasteiger partial charge in [0.1, 0.15) is 11.9 Å². The Balaban J connectivity index is 0.00000128. The number of phenolic OH excluding ortho intramolecular Hbond substituents is 1. The number of piperidine rings is 1. The second-order valence-electron chi connectivity index (χ2n) is 4.29. The summed E-state index contributed by atoms with van der Waals surface area (Å²) in [5.41, 5.74) is 0.291. The van der Waals surface area contributed by atoms with Crippen molar-refractivity contribution in [2.75, 3.05) is 6.54 Å². The molecule has 1 aromatic carbocycles. The standard InChI is InChI=1S/C12H16FNO.ClH/c1-12(11(13)3-2-8-14-12)9-4-6-10(15)7-5-9;/h4-7,11,14-15H,2-3,8H2,1H3;1H. The highest BCUT2D eigenvalue weighted by atomic mass is 35.5. The number of benzene rings is 1. The van der Waals surface area contributed by atoms with Gasteiger partial charge < -0.3 is 10.4 Å². The van der Waals surface area contributed by atoms with E-state index in [1.54, 1.807) is 24.3 Å². The molecule has 0 bridgehead atoms. The largest absolute Gasteiger partial charge is 0.508 e. The van der Waals surface area contributed by atoms with Crippen LogP contribution in [0.15, 0.2) is 24.3 Å². The molecule has 90 valence electrons. The SMILES string of the molecule is CC1(c2ccc(O)cc2)NCCCC1F.Cl. The van der Waals surface area contributed by atoms with Crippen LogP contribution in [0.5, 0.6) is 5.75 Å². The summed E-state index contributed by atoms with van der Waals surface area (Å²) in [7, 11) is 0. The lowest BCUT2D eigenvalue weighted by atomic mass is 9.82. The Morgan fingerprint density at radius 3 is 2.56 bits per heavy atom. The lowest BCUT2D eigenvalue weighted by Crippen LogP contribution is -2.51. The molecule has 1 aliphatic heterocycles. The fourth-order valence-corrected chi connectivity index (χ4v) is 2.12. The van der Waals surface area contributed by atoms with Crippen molar-refractivity contribution >= 4 is 12.4 Å². The first-order chi connectivity index (χ1) is 7.13. The van der Waals surface area contributed by atoms with Crippen LogP contribution in [0.3, 0.4) is 0 Å². The quantitative estimate of drug-likeness (QED) is 0.798. The third kappa shape index (κ3) is 2.30. The number of alkyl halides is 1. The van der Waals surface area contributed by atoms with Gasteiger partial charge in [-0.15, -0.1) is 12.4 Å². The van der Waals surface area contributed by atoms with Gasteiger partial charge in [0.15, 0.2) is 0 Å². The van der Waals surface area contributed by atoms with Crippen LogP contribution in [0.25, 0.3) is 0 Å². The van der Waals surface area contributed by atoms with E-state index in [0.717, 1.165) is 18.5 Å². The molecule has 1 aromatic rings. The molecule has 1 saturated heterocycles. The van der Waals surface area contributed by atoms with Gasteiger partial charge in [0.05, 0.1) is 5.54 Å². The van der Waals surface area contributed by atoms with Gasteiger partial charge in [-0.3, -0.25) is 0 Å². The fraction of sp³-hybridized carbons (Fsp3) is 0.500. The van der Waals surface area contributed by atoms with Crippen LogP contribution in [0.2, 0.25) is 0 Å². The van der Waals surface area contributed by atoms with Gasteiger partial charge in [0.25, 0.3) is 0 Å². The summed E-state index contributed by atoms with van der Waals surface area (Å²) in [6.07, 6.45) is 0.620. The Morgan fingerprint density at radius 2 is 2.00 bits per heavy atom. The van der Waals surface area contributed by atoms with Crippen LogP contribution >= 0.6 is 12.4 Å². The molecule has 0 saturated carbocycles. The minimum Gasteiger partial charge on any atom is -0.508 e. The predicted molar refractivity (Wildman–Crippen MR) is 64.8 cm³/mol. The maximum atomic E-state index is 13.9. The van der Waals surface area contributed by atoms with Crippen LogP contribution in [0.4, 0.5) is 4.39 Å². The molecule has 4 heteroatoms. The Kier molecular flexibility index (Phi) is 4.16. The summed E-state index contributed by atoms with van der Waals surface area (Å²) in [6.45, 7) is 2.72. The molecular weight excluding hydrogens is 229 g/mol. The number of halogens is 2. The zero-order valence-corrected chi connectivity index (χ0v) is 10.1. The second-order valence-corrected chi connectivity index (χ2v) is 4.29. The Labute approximate surface area is 101 Å². The maximum absolute atomic E-state index is 13.9. The van der Waals surface area contributed by atoms with Crippen LogP contribution in [0.1, 0.15) is 25.3 Å². The smallest absolute Gasteiger partial charge is 0.122 e. The molecule has 2 rings (SSSR count). The first-order valence-electron chi connectivity index (χ1n) is 5.31. The normalized spacial score (nSPS) is 29.5. The average molecular weight is 246 g/mol. The van der Waals surface area contributed by atoms with Gasteiger partial charge in [-0.1, -0.05) is 12.1 Å². The maximum Gasteiger partial charge on any atom is 0.122 e. The molecule has 1 heterocycles. The summed E-state index contributed by atoms with van der Waals surface area (Å²) in [4.78, 5) is 0. The van der Waals surface area contributed by atoms with Crippen molar-refractivity contribution in [3.63, 3.8) is 0 Å². The molecule has 2 unspecified atom stereocenters. The van der Waals surface area contributed by atoms with Gasteiger partial charge >= 0.3 is 0 Å². The highest BCUT2D eigenvalue weighted by Gasteiger charge is 2.37. The molecule has 1 fully saturated rings. The van der Waals surface area contributed by atoms with Gasteiger partial charge in [0.2, 0.25) is 0 Å². The molecule has 0 amide bonds. The summed E-state index contributed by atoms with van der Waals surface area (Å²) in [5, 5.41) is 12.4. The monoisotopic (exact) mass is 245 g/mol. The Hall–Kier alpha value is -0.800. The molecule has 0 radical (unpaired) electrons. The van der Waals surface area contributed by atoms with Crippen LogP contribution in [-0.2, 0) is 5.54 Å². The number of aromatic hydroxyl groups is 1. The van der Waals surface area contributed by atoms with E-state index < -0.39 is 11.7 Å². The van der Waals surface area contributed by atoms with E-state index in [-0.39, 0.29) is 18.2 Å². The van der Waals surface area contributed by atoms with E-state index in [1.165, 1.54) is 0 Å². The molecule has 0 aliphatic carbocycles. The lowest BCUT2D eigenvalue weighted by molar-refractivity contribution is 0.121. The van der Waals surface area contributed by atoms with Crippen molar-refractivity contribution in [2.45, 2.75) is 31.5 Å². The second kappa shape index (κ2) is 5.02. The molecule has 2 nitrogen and oxygen atoms in total. The summed E-state index contributed by atoms with van der Waals surface area (Å²) >= 11 is 0. The minimum atomic E-state index is -0.865. The summed E-state index contributed by atoms with van der Waals surface area (Å²) in [6, 6.07) is 6.76. The highest BCUT2D eigenvalue weighted by Crippen LogP contribution is 2.33. The van der Waals surface area contributed by atoms with E-state index in [2.05, 4.69) is 5.32 Å². The molecule has 16 heavy (non-hydrogen) atoms. The highest BCUT2D eigenvalue weighted by molar-refractivity contribution is 5.85. The zero-order valence-electron chi connectivity index (χ0n) is 9.24. The number of nitrogens with one attached hydrogen (secondary N) is 1. The van der Waals surface area contributed by atoms with Crippen molar-refractivity contribution in [3.8, 4) is 5.75 Å². The van der Waals surface area contributed by atoms with Crippen molar-refractivity contribution in [1.29, 1.82) is 0 Å². The molecule has 2 N–H and O–H groups in total. The summed E-state index contributed by atoms with van der Waals surface area (Å²) < 4.78 is 13.9. The number of phenols is 1. The number of hydrogen-bond acceptors (Lipinski definition) is 2. The fourth-order valence-electron chi connectivity index (χ4n) is 2.12. The van der Waals surface area contributed by atoms with Gasteiger partial charge in [-0.2, -0.15) is 0 Å². The van der Waals surface area contributed by atoms with E-state index in [1.807, 2.05) is 6.92 Å². The van der Waals surface area contributed by atoms with E-state index >= 15 is 0 Å². The Bertz CT molecular complexity index is 343. The number of hydrogen-bond donors (Lipinski definition) is 2. The van der Waals surface area contributed by atoms with E-state index in [0.29, 0.717) is 6.42 Å². The van der Waals surface area contributed by atoms with Crippen LogP contribution < -0.4 is 5.32 Å². The minimum absolute atomic E-state index is 0. The molecule has 0 spiro atoms. The number of rotatable bonds is 1. The average Bonchev–Trinajstić information content (AvgIpc) is 2.23. The van der Waals surface area contributed by atoms with Crippen molar-refractivity contribution in [2.24, 2.45) is 0 Å². The van der Waals surface area contributed by atoms with Gasteiger partial charge in [-0.25, -0.2) is 4.39 Å². The lowest BCUT2D eigenvalue weighted by Gasteiger charge is -2.38. The van der Waals surface area contributed by atoms with Crippen LogP contribution in [0, 0.1) is 0 Å². The molecule has 1 aliphatic rings. The molecule has 2 atom stereocenters. The zero-order chi connectivity index (χ0) is 10.9. The third-order valence-corrected chi connectivity index (χ3v) is 3.22. The third-order valence-electron chi connectivity index (χ3n) is 3.22. The predicted octanol–water partition coefficient (Wildman–Crippen LogP) is 2.75. The van der Waals surface area contributed by atoms with Crippen molar-refractivity contribution in [1.82, 2.24) is 5.32 Å². The van der Waals surface area contributed by atoms with E-state index in [4.69, 9.17) is 0 Å². The Morgan fingerprint density at radius 1 is 1.38 bits per heavy atom. The molecule has 0 aromatic heterocycles. The van der Waals surface area contributed by atoms with Crippen LogP contribution in [-0.4, -0.2) is 17.8 Å². The first kappa shape index (κ1) is 13.3. The van der Waals surface area contributed by atoms with E-state index in [9.17, 15) is 9.50 Å². The van der Waals surface area contributed by atoms with Gasteiger partial charge in [-0.05, 0) is 44.0 Å².